The van der Waals surface area contributed by atoms with E-state index in [2.05, 4.69) is 21.2 Å². The van der Waals surface area contributed by atoms with Gasteiger partial charge >= 0.3 is 6.03 Å². The van der Waals surface area contributed by atoms with E-state index in [-0.39, 0.29) is 5.92 Å². The Morgan fingerprint density at radius 3 is 2.44 bits per heavy atom. The third kappa shape index (κ3) is 5.27. The van der Waals surface area contributed by atoms with Gasteiger partial charge in [-0.1, -0.05) is 50.6 Å². The fraction of sp³-hybridized carbons (Fsp3) is 0.333. The fourth-order valence-corrected chi connectivity index (χ4v) is 3.39. The molecule has 2 rings (SSSR count). The summed E-state index contributed by atoms with van der Waals surface area (Å²) in [5.41, 5.74) is 11.3. The Bertz CT molecular complexity index is 822. The Balaban J connectivity index is 2.05. The van der Waals surface area contributed by atoms with Crippen molar-refractivity contribution in [3.63, 3.8) is 0 Å². The number of hydrogen-bond acceptors (Lipinski definition) is 5. The second kappa shape index (κ2) is 9.13. The number of thiazole rings is 1. The van der Waals surface area contributed by atoms with E-state index in [0.29, 0.717) is 17.0 Å². The van der Waals surface area contributed by atoms with Gasteiger partial charge < -0.3 is 11.1 Å². The molecule has 0 aliphatic carbocycles. The van der Waals surface area contributed by atoms with Crippen LogP contribution < -0.4 is 21.9 Å². The van der Waals surface area contributed by atoms with Gasteiger partial charge in [-0.05, 0) is 12.8 Å². The molecular formula is C18H23N5O3S. The maximum Gasteiger partial charge on any atom is 0.312 e. The number of nitrogens with two attached hydrogens (primary N) is 1. The van der Waals surface area contributed by atoms with Gasteiger partial charge in [0.1, 0.15) is 15.9 Å². The van der Waals surface area contributed by atoms with Crippen molar-refractivity contribution in [3.8, 4) is 10.6 Å². The van der Waals surface area contributed by atoms with Gasteiger partial charge in [0.05, 0.1) is 5.69 Å². The SMILES string of the molecule is CC[C@H](C)[C@H](NC(N)=O)C(=O)NNC(=O)c1sc(-c2ccccc2)nc1C. The highest BCUT2D eigenvalue weighted by Gasteiger charge is 2.26. The summed E-state index contributed by atoms with van der Waals surface area (Å²) in [7, 11) is 0. The maximum absolute atomic E-state index is 12.4. The minimum Gasteiger partial charge on any atom is -0.352 e. The Labute approximate surface area is 161 Å². The predicted molar refractivity (Wildman–Crippen MR) is 104 cm³/mol. The van der Waals surface area contributed by atoms with E-state index in [1.807, 2.05) is 44.2 Å². The first-order chi connectivity index (χ1) is 12.8. The van der Waals surface area contributed by atoms with Gasteiger partial charge in [0.25, 0.3) is 11.8 Å². The molecule has 0 saturated heterocycles. The highest BCUT2D eigenvalue weighted by atomic mass is 32.1. The van der Waals surface area contributed by atoms with Crippen LogP contribution in [-0.4, -0.2) is 28.9 Å². The van der Waals surface area contributed by atoms with Crippen molar-refractivity contribution >= 4 is 29.2 Å². The predicted octanol–water partition coefficient (Wildman–Crippen LogP) is 1.96. The molecule has 8 nitrogen and oxygen atoms in total. The Morgan fingerprint density at radius 1 is 1.19 bits per heavy atom. The van der Waals surface area contributed by atoms with E-state index in [1.165, 1.54) is 11.3 Å². The topological polar surface area (TPSA) is 126 Å². The second-order valence-electron chi connectivity index (χ2n) is 6.11. The van der Waals surface area contributed by atoms with E-state index in [0.717, 1.165) is 10.6 Å². The van der Waals surface area contributed by atoms with Crippen molar-refractivity contribution in [2.75, 3.05) is 0 Å². The zero-order chi connectivity index (χ0) is 20.0. The second-order valence-corrected chi connectivity index (χ2v) is 7.11. The number of benzene rings is 1. The summed E-state index contributed by atoms with van der Waals surface area (Å²) in [5.74, 6) is -1.16. The number of carbonyl (C=O) groups is 3. The third-order valence-electron chi connectivity index (χ3n) is 4.12. The van der Waals surface area contributed by atoms with Crippen molar-refractivity contribution in [2.45, 2.75) is 33.2 Å². The van der Waals surface area contributed by atoms with E-state index >= 15 is 0 Å². The number of nitrogens with zero attached hydrogens (tertiary/aromatic N) is 1. The molecule has 1 aromatic carbocycles. The average Bonchev–Trinajstić information content (AvgIpc) is 3.05. The molecule has 2 aromatic rings. The molecule has 144 valence electrons. The highest BCUT2D eigenvalue weighted by Crippen LogP contribution is 2.27. The van der Waals surface area contributed by atoms with Gasteiger partial charge in [0.2, 0.25) is 0 Å². The van der Waals surface area contributed by atoms with Crippen LogP contribution in [0.15, 0.2) is 30.3 Å². The largest absolute Gasteiger partial charge is 0.352 e. The molecule has 0 spiro atoms. The molecule has 0 aliphatic heterocycles. The monoisotopic (exact) mass is 389 g/mol. The van der Waals surface area contributed by atoms with Crippen LogP contribution >= 0.6 is 11.3 Å². The first-order valence-electron chi connectivity index (χ1n) is 8.52. The molecule has 0 aliphatic rings. The van der Waals surface area contributed by atoms with Gasteiger partial charge in [0, 0.05) is 5.56 Å². The molecule has 1 heterocycles. The highest BCUT2D eigenvalue weighted by molar-refractivity contribution is 7.17. The number of hydrogen-bond donors (Lipinski definition) is 4. The lowest BCUT2D eigenvalue weighted by molar-refractivity contribution is -0.124. The number of urea groups is 1. The lowest BCUT2D eigenvalue weighted by Gasteiger charge is -2.22. The molecule has 27 heavy (non-hydrogen) atoms. The quantitative estimate of drug-likeness (QED) is 0.563. The molecule has 2 atom stereocenters. The molecule has 5 N–H and O–H groups in total. The first kappa shape index (κ1) is 20.4. The van der Waals surface area contributed by atoms with E-state index in [1.54, 1.807) is 6.92 Å². The van der Waals surface area contributed by atoms with Crippen molar-refractivity contribution in [1.29, 1.82) is 0 Å². The van der Waals surface area contributed by atoms with E-state index in [4.69, 9.17) is 5.73 Å². The summed E-state index contributed by atoms with van der Waals surface area (Å²) in [6.45, 7) is 5.43. The summed E-state index contributed by atoms with van der Waals surface area (Å²) >= 11 is 1.24. The van der Waals surface area contributed by atoms with Crippen LogP contribution in [0.5, 0.6) is 0 Å². The van der Waals surface area contributed by atoms with Gasteiger partial charge in [0.15, 0.2) is 0 Å². The molecule has 0 radical (unpaired) electrons. The van der Waals surface area contributed by atoms with Crippen LogP contribution in [-0.2, 0) is 4.79 Å². The summed E-state index contributed by atoms with van der Waals surface area (Å²) in [6.07, 6.45) is 0.653. The van der Waals surface area contributed by atoms with Crippen LogP contribution in [0.4, 0.5) is 4.79 Å². The number of amides is 4. The van der Waals surface area contributed by atoms with Gasteiger partial charge in [-0.15, -0.1) is 11.3 Å². The number of primary amides is 1. The third-order valence-corrected chi connectivity index (χ3v) is 5.32. The van der Waals surface area contributed by atoms with Crippen LogP contribution in [0.1, 0.15) is 35.6 Å². The molecule has 4 amide bonds. The summed E-state index contributed by atoms with van der Waals surface area (Å²) in [4.78, 5) is 40.7. The molecule has 1 aromatic heterocycles. The Kier molecular flexibility index (Phi) is 6.89. The summed E-state index contributed by atoms with van der Waals surface area (Å²) in [6, 6.07) is 7.88. The summed E-state index contributed by atoms with van der Waals surface area (Å²) in [5, 5.41) is 3.12. The van der Waals surface area contributed by atoms with Gasteiger partial charge in [-0.3, -0.25) is 20.4 Å². The number of aryl methyl sites for hydroxylation is 1. The van der Waals surface area contributed by atoms with Gasteiger partial charge in [-0.25, -0.2) is 9.78 Å². The molecule has 9 heteroatoms. The normalized spacial score (nSPS) is 12.7. The van der Waals surface area contributed by atoms with Crippen LogP contribution in [0.25, 0.3) is 10.6 Å². The standard InChI is InChI=1S/C18H23N5O3S/c1-4-10(2)13(21-18(19)26)15(24)22-23-16(25)14-11(3)20-17(27-14)12-8-6-5-7-9-12/h5-10,13H,4H2,1-3H3,(H,22,24)(H,23,25)(H3,19,21,26)/t10-,13-/m0/s1. The zero-order valence-corrected chi connectivity index (χ0v) is 16.2. The van der Waals surface area contributed by atoms with Crippen molar-refractivity contribution < 1.29 is 14.4 Å². The molecule has 0 unspecified atom stereocenters. The molecule has 0 bridgehead atoms. The van der Waals surface area contributed by atoms with Crippen molar-refractivity contribution in [2.24, 2.45) is 11.7 Å². The minimum atomic E-state index is -0.838. The van der Waals surface area contributed by atoms with Crippen LogP contribution in [0.2, 0.25) is 0 Å². The lowest BCUT2D eigenvalue weighted by atomic mass is 9.99. The van der Waals surface area contributed by atoms with Crippen molar-refractivity contribution in [3.05, 3.63) is 40.9 Å². The number of rotatable bonds is 6. The Morgan fingerprint density at radius 2 is 1.85 bits per heavy atom. The maximum atomic E-state index is 12.4. The first-order valence-corrected chi connectivity index (χ1v) is 9.34. The minimum absolute atomic E-state index is 0.149. The number of hydrazine groups is 1. The van der Waals surface area contributed by atoms with Crippen LogP contribution in [0, 0.1) is 12.8 Å². The van der Waals surface area contributed by atoms with Crippen LogP contribution in [0.3, 0.4) is 0 Å². The van der Waals surface area contributed by atoms with Gasteiger partial charge in [-0.2, -0.15) is 0 Å². The molecule has 0 fully saturated rings. The smallest absolute Gasteiger partial charge is 0.312 e. The Hall–Kier alpha value is -2.94. The number of carbonyl (C=O) groups excluding carboxylic acids is 3. The lowest BCUT2D eigenvalue weighted by Crippen LogP contribution is -2.55. The fourth-order valence-electron chi connectivity index (χ4n) is 2.42. The molecule has 0 saturated carbocycles. The van der Waals surface area contributed by atoms with E-state index in [9.17, 15) is 14.4 Å². The molecular weight excluding hydrogens is 366 g/mol. The van der Waals surface area contributed by atoms with Crippen molar-refractivity contribution in [1.82, 2.24) is 21.2 Å². The zero-order valence-electron chi connectivity index (χ0n) is 15.4. The summed E-state index contributed by atoms with van der Waals surface area (Å²) < 4.78 is 0. The average molecular weight is 389 g/mol. The number of aromatic nitrogens is 1. The van der Waals surface area contributed by atoms with E-state index < -0.39 is 23.9 Å². The number of nitrogens with one attached hydrogen (secondary N) is 3.